The Hall–Kier alpha value is -1.39. The molecule has 2 aromatic heterocycles. The van der Waals surface area contributed by atoms with Crippen LogP contribution in [0.5, 0.6) is 0 Å². The van der Waals surface area contributed by atoms with Gasteiger partial charge in [0.15, 0.2) is 0 Å². The number of aryl methyl sites for hydroxylation is 1. The van der Waals surface area contributed by atoms with Gasteiger partial charge in [-0.3, -0.25) is 0 Å². The van der Waals surface area contributed by atoms with Crippen LogP contribution in [0.2, 0.25) is 0 Å². The molecule has 2 aromatic rings. The number of fused-ring (bicyclic) bond motifs is 1. The summed E-state index contributed by atoms with van der Waals surface area (Å²) in [7, 11) is 0. The summed E-state index contributed by atoms with van der Waals surface area (Å²) in [4.78, 5) is 8.70. The van der Waals surface area contributed by atoms with Crippen LogP contribution in [0.3, 0.4) is 0 Å². The number of pyridine rings is 1. The molecule has 0 atom stereocenters. The van der Waals surface area contributed by atoms with E-state index in [1.807, 2.05) is 11.3 Å². The number of thiophene rings is 1. The van der Waals surface area contributed by atoms with Gasteiger partial charge in [0.05, 0.1) is 0 Å². The van der Waals surface area contributed by atoms with E-state index in [-0.39, 0.29) is 0 Å². The van der Waals surface area contributed by atoms with Crippen LogP contribution in [0.4, 0.5) is 5.82 Å². The molecular formula is C17H23N3S. The quantitative estimate of drug-likeness (QED) is 0.857. The summed E-state index contributed by atoms with van der Waals surface area (Å²) in [6.07, 6.45) is 2.32. The van der Waals surface area contributed by atoms with Crippen molar-refractivity contribution in [1.29, 1.82) is 0 Å². The molecule has 0 radical (unpaired) electrons. The van der Waals surface area contributed by atoms with Crippen molar-refractivity contribution in [3.63, 3.8) is 0 Å². The SMILES string of the molecule is CCCNCc1cc(C)nc(N2CCc3sccc3C2)c1. The van der Waals surface area contributed by atoms with E-state index in [0.717, 1.165) is 44.1 Å². The van der Waals surface area contributed by atoms with Crippen LogP contribution in [0, 0.1) is 6.92 Å². The van der Waals surface area contributed by atoms with Crippen LogP contribution in [0.1, 0.15) is 35.0 Å². The highest BCUT2D eigenvalue weighted by molar-refractivity contribution is 7.10. The van der Waals surface area contributed by atoms with E-state index in [1.54, 1.807) is 4.88 Å². The van der Waals surface area contributed by atoms with E-state index >= 15 is 0 Å². The molecule has 0 bridgehead atoms. The van der Waals surface area contributed by atoms with Gasteiger partial charge < -0.3 is 10.2 Å². The summed E-state index contributed by atoms with van der Waals surface area (Å²) < 4.78 is 0. The third-order valence-corrected chi connectivity index (χ3v) is 4.91. The van der Waals surface area contributed by atoms with Gasteiger partial charge in [0.1, 0.15) is 5.82 Å². The minimum Gasteiger partial charge on any atom is -0.352 e. The van der Waals surface area contributed by atoms with Crippen LogP contribution in [0.15, 0.2) is 23.6 Å². The highest BCUT2D eigenvalue weighted by Gasteiger charge is 2.18. The number of nitrogens with one attached hydrogen (secondary N) is 1. The van der Waals surface area contributed by atoms with Gasteiger partial charge in [0.25, 0.3) is 0 Å². The summed E-state index contributed by atoms with van der Waals surface area (Å²) >= 11 is 1.89. The molecule has 0 aromatic carbocycles. The molecular weight excluding hydrogens is 278 g/mol. The van der Waals surface area contributed by atoms with Gasteiger partial charge in [-0.25, -0.2) is 4.98 Å². The zero-order valence-electron chi connectivity index (χ0n) is 12.9. The van der Waals surface area contributed by atoms with Crippen LogP contribution >= 0.6 is 11.3 Å². The molecule has 0 fully saturated rings. The smallest absolute Gasteiger partial charge is 0.129 e. The van der Waals surface area contributed by atoms with Crippen LogP contribution in [0.25, 0.3) is 0 Å². The largest absolute Gasteiger partial charge is 0.352 e. The fourth-order valence-corrected chi connectivity index (χ4v) is 3.73. The molecule has 0 saturated carbocycles. The first-order valence-electron chi connectivity index (χ1n) is 7.74. The molecule has 0 amide bonds. The normalized spacial score (nSPS) is 14.3. The Morgan fingerprint density at radius 1 is 1.38 bits per heavy atom. The van der Waals surface area contributed by atoms with Gasteiger partial charge in [-0.1, -0.05) is 6.92 Å². The number of rotatable bonds is 5. The molecule has 3 nitrogen and oxygen atoms in total. The van der Waals surface area contributed by atoms with Crippen molar-refractivity contribution in [3.8, 4) is 0 Å². The molecule has 1 aliphatic heterocycles. The predicted octanol–water partition coefficient (Wildman–Crippen LogP) is 3.51. The third-order valence-electron chi connectivity index (χ3n) is 3.89. The minimum atomic E-state index is 0.932. The molecule has 112 valence electrons. The summed E-state index contributed by atoms with van der Waals surface area (Å²) in [5, 5.41) is 5.68. The van der Waals surface area contributed by atoms with Crippen LogP contribution in [-0.4, -0.2) is 18.1 Å². The van der Waals surface area contributed by atoms with E-state index < -0.39 is 0 Å². The Morgan fingerprint density at radius 2 is 2.29 bits per heavy atom. The number of nitrogens with zero attached hydrogens (tertiary/aromatic N) is 2. The summed E-state index contributed by atoms with van der Waals surface area (Å²) in [6.45, 7) is 8.36. The van der Waals surface area contributed by atoms with E-state index in [9.17, 15) is 0 Å². The number of hydrogen-bond donors (Lipinski definition) is 1. The average molecular weight is 301 g/mol. The first kappa shape index (κ1) is 14.5. The fourth-order valence-electron chi connectivity index (χ4n) is 2.84. The summed E-state index contributed by atoms with van der Waals surface area (Å²) in [5.74, 6) is 1.13. The lowest BCUT2D eigenvalue weighted by molar-refractivity contribution is 0.672. The second-order valence-electron chi connectivity index (χ2n) is 5.69. The summed E-state index contributed by atoms with van der Waals surface area (Å²) in [6, 6.07) is 6.69. The van der Waals surface area contributed by atoms with Gasteiger partial charge in [0.2, 0.25) is 0 Å². The lowest BCUT2D eigenvalue weighted by Crippen LogP contribution is -2.30. The minimum absolute atomic E-state index is 0.932. The Balaban J connectivity index is 1.76. The topological polar surface area (TPSA) is 28.2 Å². The monoisotopic (exact) mass is 301 g/mol. The highest BCUT2D eigenvalue weighted by atomic mass is 32.1. The number of hydrogen-bond acceptors (Lipinski definition) is 4. The molecule has 1 aliphatic rings. The second-order valence-corrected chi connectivity index (χ2v) is 6.69. The van der Waals surface area contributed by atoms with Crippen molar-refractivity contribution >= 4 is 17.2 Å². The molecule has 1 N–H and O–H groups in total. The highest BCUT2D eigenvalue weighted by Crippen LogP contribution is 2.27. The fraction of sp³-hybridized carbons (Fsp3) is 0.471. The maximum Gasteiger partial charge on any atom is 0.129 e. The van der Waals surface area contributed by atoms with Crippen molar-refractivity contribution in [2.75, 3.05) is 18.0 Å². The first-order valence-corrected chi connectivity index (χ1v) is 8.62. The van der Waals surface area contributed by atoms with Gasteiger partial charge in [0, 0.05) is 30.2 Å². The van der Waals surface area contributed by atoms with Crippen molar-refractivity contribution in [3.05, 3.63) is 45.3 Å². The number of anilines is 1. The number of aromatic nitrogens is 1. The summed E-state index contributed by atoms with van der Waals surface area (Å²) in [5.41, 5.74) is 3.92. The van der Waals surface area contributed by atoms with E-state index in [4.69, 9.17) is 4.98 Å². The van der Waals surface area contributed by atoms with Crippen molar-refractivity contribution in [1.82, 2.24) is 10.3 Å². The maximum absolute atomic E-state index is 4.74. The molecule has 4 heteroatoms. The predicted molar refractivity (Wildman–Crippen MR) is 90.0 cm³/mol. The standard InChI is InChI=1S/C17H23N3S/c1-3-6-18-11-14-9-13(2)19-17(10-14)20-7-4-16-15(12-20)5-8-21-16/h5,8-10,18H,3-4,6-7,11-12H2,1-2H3. The molecule has 0 saturated heterocycles. The van der Waals surface area contributed by atoms with E-state index in [0.29, 0.717) is 0 Å². The van der Waals surface area contributed by atoms with Gasteiger partial charge in [-0.2, -0.15) is 0 Å². The Labute approximate surface area is 131 Å². The molecule has 0 spiro atoms. The second kappa shape index (κ2) is 6.58. The van der Waals surface area contributed by atoms with Crippen molar-refractivity contribution in [2.45, 2.75) is 39.8 Å². The van der Waals surface area contributed by atoms with Crippen LogP contribution < -0.4 is 10.2 Å². The Kier molecular flexibility index (Phi) is 4.56. The van der Waals surface area contributed by atoms with Crippen molar-refractivity contribution < 1.29 is 0 Å². The molecule has 0 unspecified atom stereocenters. The van der Waals surface area contributed by atoms with Crippen molar-refractivity contribution in [2.24, 2.45) is 0 Å². The lowest BCUT2D eigenvalue weighted by atomic mass is 10.1. The third kappa shape index (κ3) is 3.44. The van der Waals surface area contributed by atoms with E-state index in [2.05, 4.69) is 47.6 Å². The van der Waals surface area contributed by atoms with Crippen LogP contribution in [-0.2, 0) is 19.5 Å². The average Bonchev–Trinajstić information content (AvgIpc) is 2.94. The Morgan fingerprint density at radius 3 is 3.14 bits per heavy atom. The Bertz CT molecular complexity index is 606. The molecule has 0 aliphatic carbocycles. The molecule has 3 heterocycles. The van der Waals surface area contributed by atoms with Gasteiger partial charge in [-0.15, -0.1) is 11.3 Å². The zero-order chi connectivity index (χ0) is 14.7. The lowest BCUT2D eigenvalue weighted by Gasteiger charge is -2.28. The van der Waals surface area contributed by atoms with Gasteiger partial charge in [-0.05, 0) is 61.0 Å². The molecule has 21 heavy (non-hydrogen) atoms. The maximum atomic E-state index is 4.74. The zero-order valence-corrected chi connectivity index (χ0v) is 13.7. The first-order chi connectivity index (χ1) is 10.3. The molecule has 3 rings (SSSR count). The van der Waals surface area contributed by atoms with E-state index in [1.165, 1.54) is 17.5 Å². The van der Waals surface area contributed by atoms with Gasteiger partial charge >= 0.3 is 0 Å².